The second-order valence-corrected chi connectivity index (χ2v) is 8.54. The number of H-pyrrole nitrogens is 1. The monoisotopic (exact) mass is 425 g/mol. The van der Waals surface area contributed by atoms with Gasteiger partial charge in [-0.25, -0.2) is 13.9 Å². The largest absolute Gasteiger partial charge is 0.322 e. The molecule has 156 valence electrons. The van der Waals surface area contributed by atoms with Gasteiger partial charge >= 0.3 is 0 Å². The van der Waals surface area contributed by atoms with Crippen LogP contribution in [0.4, 0.5) is 16.0 Å². The Kier molecular flexibility index (Phi) is 6.01. The highest BCUT2D eigenvalue weighted by atomic mass is 32.2. The number of nitrogens with one attached hydrogen (secondary N) is 2. The van der Waals surface area contributed by atoms with Crippen molar-refractivity contribution in [3.8, 4) is 0 Å². The van der Waals surface area contributed by atoms with Crippen LogP contribution < -0.4 is 5.32 Å². The maximum absolute atomic E-state index is 13.5. The summed E-state index contributed by atoms with van der Waals surface area (Å²) in [6.07, 6.45) is 1.90. The molecule has 0 aliphatic rings. The average Bonchev–Trinajstić information content (AvgIpc) is 3.35. The third-order valence-electron chi connectivity index (χ3n) is 4.59. The summed E-state index contributed by atoms with van der Waals surface area (Å²) in [7, 11) is 4.09. The average molecular weight is 426 g/mol. The zero-order valence-corrected chi connectivity index (χ0v) is 17.9. The lowest BCUT2D eigenvalue weighted by Gasteiger charge is -2.18. The van der Waals surface area contributed by atoms with Gasteiger partial charge in [-0.2, -0.15) is 10.2 Å². The zero-order valence-electron chi connectivity index (χ0n) is 17.1. The molecule has 0 fully saturated rings. The quantitative estimate of drug-likeness (QED) is 0.444. The Balaban J connectivity index is 1.73. The molecule has 0 amide bonds. The Labute approximate surface area is 178 Å². The molecule has 3 heterocycles. The number of fused-ring (bicyclic) bond motifs is 1. The number of hydrogen-bond acceptors (Lipinski definition) is 6. The summed E-state index contributed by atoms with van der Waals surface area (Å²) in [6.45, 7) is 2.87. The molecule has 3 aromatic heterocycles. The molecule has 4 aromatic rings. The van der Waals surface area contributed by atoms with Gasteiger partial charge in [0.1, 0.15) is 11.3 Å². The first-order valence-electron chi connectivity index (χ1n) is 9.66. The fraction of sp³-hybridized carbons (Fsp3) is 0.286. The molecular weight excluding hydrogens is 401 g/mol. The lowest BCUT2D eigenvalue weighted by molar-refractivity contribution is 0.437. The summed E-state index contributed by atoms with van der Waals surface area (Å²) in [4.78, 5) is 6.99. The van der Waals surface area contributed by atoms with Gasteiger partial charge in [0.05, 0.1) is 5.25 Å². The van der Waals surface area contributed by atoms with Gasteiger partial charge in [-0.05, 0) is 50.8 Å². The lowest BCUT2D eigenvalue weighted by atomic mass is 10.1. The Morgan fingerprint density at radius 2 is 2.03 bits per heavy atom. The van der Waals surface area contributed by atoms with E-state index in [1.165, 1.54) is 12.1 Å². The minimum absolute atomic E-state index is 0.126. The van der Waals surface area contributed by atoms with Crippen molar-refractivity contribution in [1.82, 2.24) is 29.7 Å². The predicted octanol–water partition coefficient (Wildman–Crippen LogP) is 4.03. The first kappa shape index (κ1) is 20.4. The van der Waals surface area contributed by atoms with Crippen LogP contribution in [-0.4, -0.2) is 56.1 Å². The molecule has 7 nitrogen and oxygen atoms in total. The second kappa shape index (κ2) is 8.85. The number of rotatable bonds is 8. The molecule has 1 unspecified atom stereocenters. The number of nitrogens with zero attached hydrogens (tertiary/aromatic N) is 5. The molecule has 0 radical (unpaired) electrons. The highest BCUT2D eigenvalue weighted by Gasteiger charge is 2.21. The zero-order chi connectivity index (χ0) is 21.1. The van der Waals surface area contributed by atoms with Crippen LogP contribution in [0.2, 0.25) is 0 Å². The summed E-state index contributed by atoms with van der Waals surface area (Å²) in [5.41, 5.74) is 2.78. The smallest absolute Gasteiger partial charge is 0.169 e. The van der Waals surface area contributed by atoms with Crippen molar-refractivity contribution >= 4 is 28.9 Å². The highest BCUT2D eigenvalue weighted by molar-refractivity contribution is 7.99. The van der Waals surface area contributed by atoms with Gasteiger partial charge < -0.3 is 10.2 Å². The van der Waals surface area contributed by atoms with Gasteiger partial charge in [-0.15, -0.1) is 11.8 Å². The maximum Gasteiger partial charge on any atom is 0.169 e. The van der Waals surface area contributed by atoms with Crippen molar-refractivity contribution in [3.63, 3.8) is 0 Å². The Bertz CT molecular complexity index is 1120. The molecule has 1 aromatic carbocycles. The Hall–Kier alpha value is -2.91. The van der Waals surface area contributed by atoms with Crippen molar-refractivity contribution < 1.29 is 4.39 Å². The molecule has 4 rings (SSSR count). The number of aromatic nitrogens is 5. The topological polar surface area (TPSA) is 74.1 Å². The molecule has 0 spiro atoms. The van der Waals surface area contributed by atoms with E-state index in [1.54, 1.807) is 23.9 Å². The standard InChI is InChI=1S/C21H24FN7S/c1-14-13-18(26-25-14)23-20-17-5-4-10-29(17)27-21(24-20)19(30-12-11-28(2)3)15-6-8-16(22)9-7-15/h4-10,13,19H,11-12H2,1-3H3,(H2,23,24,25,26,27). The molecule has 1 atom stereocenters. The predicted molar refractivity (Wildman–Crippen MR) is 119 cm³/mol. The number of hydrogen-bond donors (Lipinski definition) is 2. The van der Waals surface area contributed by atoms with Crippen LogP contribution in [0.5, 0.6) is 0 Å². The Morgan fingerprint density at radius 3 is 2.73 bits per heavy atom. The normalized spacial score (nSPS) is 12.6. The highest BCUT2D eigenvalue weighted by Crippen LogP contribution is 2.35. The molecule has 0 saturated carbocycles. The molecular formula is C21H24FN7S. The van der Waals surface area contributed by atoms with E-state index in [1.807, 2.05) is 49.9 Å². The van der Waals surface area contributed by atoms with Gasteiger partial charge in [0, 0.05) is 30.3 Å². The van der Waals surface area contributed by atoms with Crippen LogP contribution in [-0.2, 0) is 0 Å². The molecule has 0 bridgehead atoms. The molecule has 30 heavy (non-hydrogen) atoms. The lowest BCUT2D eigenvalue weighted by Crippen LogP contribution is -2.16. The third-order valence-corrected chi connectivity index (χ3v) is 5.82. The number of aromatic amines is 1. The van der Waals surface area contributed by atoms with E-state index >= 15 is 0 Å². The summed E-state index contributed by atoms with van der Waals surface area (Å²) in [6, 6.07) is 12.4. The van der Waals surface area contributed by atoms with Crippen LogP contribution in [0.1, 0.15) is 22.3 Å². The number of halogens is 1. The van der Waals surface area contributed by atoms with Gasteiger partial charge in [0.15, 0.2) is 17.5 Å². The Morgan fingerprint density at radius 1 is 1.23 bits per heavy atom. The number of aryl methyl sites for hydroxylation is 1. The molecule has 0 aliphatic heterocycles. The second-order valence-electron chi connectivity index (χ2n) is 7.32. The minimum atomic E-state index is -0.256. The number of thioether (sulfide) groups is 1. The van der Waals surface area contributed by atoms with E-state index in [2.05, 4.69) is 20.4 Å². The van der Waals surface area contributed by atoms with Crippen molar-refractivity contribution in [2.75, 3.05) is 31.7 Å². The van der Waals surface area contributed by atoms with Gasteiger partial charge in [0.25, 0.3) is 0 Å². The van der Waals surface area contributed by atoms with E-state index in [-0.39, 0.29) is 11.1 Å². The van der Waals surface area contributed by atoms with Crippen molar-refractivity contribution in [1.29, 1.82) is 0 Å². The first-order chi connectivity index (χ1) is 14.5. The SMILES string of the molecule is Cc1cc(Nc2nc(C(SCCN(C)C)c3ccc(F)cc3)nn3cccc23)n[nH]1. The van der Waals surface area contributed by atoms with Gasteiger partial charge in [0.2, 0.25) is 0 Å². The van der Waals surface area contributed by atoms with Crippen molar-refractivity contribution in [2.24, 2.45) is 0 Å². The number of anilines is 2. The fourth-order valence-corrected chi connectivity index (χ4v) is 4.37. The summed E-state index contributed by atoms with van der Waals surface area (Å²) >= 11 is 1.74. The van der Waals surface area contributed by atoms with E-state index in [0.29, 0.717) is 17.5 Å². The van der Waals surface area contributed by atoms with Crippen molar-refractivity contribution in [2.45, 2.75) is 12.2 Å². The van der Waals surface area contributed by atoms with E-state index in [9.17, 15) is 4.39 Å². The van der Waals surface area contributed by atoms with Crippen LogP contribution in [0.15, 0.2) is 48.7 Å². The summed E-state index contributed by atoms with van der Waals surface area (Å²) < 4.78 is 15.3. The molecule has 2 N–H and O–H groups in total. The van der Waals surface area contributed by atoms with Gasteiger partial charge in [-0.3, -0.25) is 5.10 Å². The van der Waals surface area contributed by atoms with Crippen LogP contribution in [0.3, 0.4) is 0 Å². The molecule has 0 aliphatic carbocycles. The van der Waals surface area contributed by atoms with Crippen LogP contribution in [0, 0.1) is 12.7 Å². The maximum atomic E-state index is 13.5. The fourth-order valence-electron chi connectivity index (χ4n) is 3.07. The third kappa shape index (κ3) is 4.63. The van der Waals surface area contributed by atoms with Crippen LogP contribution in [0.25, 0.3) is 5.52 Å². The van der Waals surface area contributed by atoms with E-state index in [4.69, 9.17) is 10.1 Å². The number of benzene rings is 1. The van der Waals surface area contributed by atoms with E-state index < -0.39 is 0 Å². The molecule has 9 heteroatoms. The first-order valence-corrected chi connectivity index (χ1v) is 10.7. The van der Waals surface area contributed by atoms with Crippen molar-refractivity contribution in [3.05, 3.63) is 71.6 Å². The van der Waals surface area contributed by atoms with Gasteiger partial charge in [-0.1, -0.05) is 12.1 Å². The molecule has 0 saturated heterocycles. The van der Waals surface area contributed by atoms with Crippen LogP contribution >= 0.6 is 11.8 Å². The summed E-state index contributed by atoms with van der Waals surface area (Å²) in [5, 5.41) is 15.1. The summed E-state index contributed by atoms with van der Waals surface area (Å²) in [5.74, 6) is 2.66. The van der Waals surface area contributed by atoms with E-state index in [0.717, 1.165) is 29.1 Å². The minimum Gasteiger partial charge on any atom is -0.322 e.